The highest BCUT2D eigenvalue weighted by molar-refractivity contribution is 5.81. The van der Waals surface area contributed by atoms with Gasteiger partial charge in [-0.3, -0.25) is 4.79 Å². The van der Waals surface area contributed by atoms with Crippen molar-refractivity contribution in [3.8, 4) is 0 Å². The fourth-order valence-corrected chi connectivity index (χ4v) is 2.51. The zero-order valence-electron chi connectivity index (χ0n) is 10.4. The number of β-amino-alcohol motifs (C(OH)–C–C–N with tert-alkyl or cyclic N) is 1. The van der Waals surface area contributed by atoms with E-state index in [-0.39, 0.29) is 17.7 Å². The molecule has 0 aromatic rings. The predicted octanol–water partition coefficient (Wildman–Crippen LogP) is 0.0712. The third-order valence-electron chi connectivity index (χ3n) is 4.15. The lowest BCUT2D eigenvalue weighted by Gasteiger charge is -2.50. The van der Waals surface area contributed by atoms with Crippen molar-refractivity contribution < 1.29 is 9.90 Å². The number of likely N-dealkylation sites (tertiary alicyclic amines) is 1. The summed E-state index contributed by atoms with van der Waals surface area (Å²) >= 11 is 0. The van der Waals surface area contributed by atoms with Gasteiger partial charge in [-0.05, 0) is 18.4 Å². The fourth-order valence-electron chi connectivity index (χ4n) is 2.51. The topological polar surface area (TPSA) is 52.6 Å². The van der Waals surface area contributed by atoms with E-state index in [1.807, 2.05) is 13.8 Å². The Hall–Kier alpha value is -0.610. The maximum atomic E-state index is 12.1. The zero-order valence-corrected chi connectivity index (χ0v) is 10.4. The van der Waals surface area contributed by atoms with Crippen LogP contribution >= 0.6 is 0 Å². The van der Waals surface area contributed by atoms with Gasteiger partial charge in [0.05, 0.1) is 19.0 Å². The molecule has 0 saturated carbocycles. The summed E-state index contributed by atoms with van der Waals surface area (Å²) in [6, 6.07) is 0. The highest BCUT2D eigenvalue weighted by Crippen LogP contribution is 2.31. The summed E-state index contributed by atoms with van der Waals surface area (Å²) in [5, 5.41) is 13.3. The van der Waals surface area contributed by atoms with Gasteiger partial charge in [-0.25, -0.2) is 0 Å². The molecule has 2 atom stereocenters. The van der Waals surface area contributed by atoms with Crippen molar-refractivity contribution in [1.82, 2.24) is 10.2 Å². The van der Waals surface area contributed by atoms with Gasteiger partial charge in [-0.1, -0.05) is 20.8 Å². The van der Waals surface area contributed by atoms with E-state index in [2.05, 4.69) is 12.2 Å². The molecule has 2 aliphatic heterocycles. The van der Waals surface area contributed by atoms with Crippen LogP contribution in [0.3, 0.4) is 0 Å². The lowest BCUT2D eigenvalue weighted by Crippen LogP contribution is -2.67. The van der Waals surface area contributed by atoms with Crippen LogP contribution in [-0.2, 0) is 4.79 Å². The van der Waals surface area contributed by atoms with Crippen molar-refractivity contribution >= 4 is 5.91 Å². The van der Waals surface area contributed by atoms with Crippen LogP contribution in [0.25, 0.3) is 0 Å². The number of carbonyl (C=O) groups excluding carboxylic acids is 1. The standard InChI is InChI=1S/C12H22N2O2/c1-8(2)12(16)6-14(7-12)11(15)10-5-13-4-9(10)3/h8-10,13,16H,4-7H2,1-3H3/t9-,10-/m1/s1. The van der Waals surface area contributed by atoms with Crippen LogP contribution in [0.1, 0.15) is 20.8 Å². The Morgan fingerprint density at radius 2 is 2.06 bits per heavy atom. The highest BCUT2D eigenvalue weighted by atomic mass is 16.3. The first-order valence-electron chi connectivity index (χ1n) is 6.16. The summed E-state index contributed by atoms with van der Waals surface area (Å²) < 4.78 is 0. The molecular formula is C12H22N2O2. The van der Waals surface area contributed by atoms with Crippen molar-refractivity contribution in [3.05, 3.63) is 0 Å². The Balaban J connectivity index is 1.90. The van der Waals surface area contributed by atoms with E-state index in [1.165, 1.54) is 0 Å². The zero-order chi connectivity index (χ0) is 11.9. The Morgan fingerprint density at radius 3 is 2.50 bits per heavy atom. The minimum Gasteiger partial charge on any atom is -0.386 e. The maximum Gasteiger partial charge on any atom is 0.227 e. The van der Waals surface area contributed by atoms with Crippen LogP contribution in [0.2, 0.25) is 0 Å². The minimum atomic E-state index is -0.648. The molecule has 0 aromatic heterocycles. The first-order valence-corrected chi connectivity index (χ1v) is 6.16. The molecule has 1 amide bonds. The van der Waals surface area contributed by atoms with Gasteiger partial charge in [0.2, 0.25) is 5.91 Å². The summed E-state index contributed by atoms with van der Waals surface area (Å²) in [4.78, 5) is 13.9. The van der Waals surface area contributed by atoms with Crippen LogP contribution in [0.15, 0.2) is 0 Å². The van der Waals surface area contributed by atoms with Crippen LogP contribution in [0.5, 0.6) is 0 Å². The summed E-state index contributed by atoms with van der Waals surface area (Å²) in [5.74, 6) is 0.954. The Kier molecular flexibility index (Phi) is 2.97. The molecule has 0 unspecified atom stereocenters. The lowest BCUT2D eigenvalue weighted by molar-refractivity contribution is -0.168. The molecule has 2 aliphatic rings. The molecule has 4 heteroatoms. The number of amides is 1. The van der Waals surface area contributed by atoms with Gasteiger partial charge in [0.25, 0.3) is 0 Å². The molecule has 0 aliphatic carbocycles. The summed E-state index contributed by atoms with van der Waals surface area (Å²) in [6.07, 6.45) is 0. The van der Waals surface area contributed by atoms with Crippen LogP contribution in [0, 0.1) is 17.8 Å². The molecule has 92 valence electrons. The summed E-state index contributed by atoms with van der Waals surface area (Å²) in [5.41, 5.74) is -0.648. The van der Waals surface area contributed by atoms with Crippen LogP contribution in [0.4, 0.5) is 0 Å². The minimum absolute atomic E-state index is 0.108. The second-order valence-electron chi connectivity index (χ2n) is 5.69. The lowest BCUT2D eigenvalue weighted by atomic mass is 9.81. The largest absolute Gasteiger partial charge is 0.386 e. The molecule has 2 rings (SSSR count). The molecular weight excluding hydrogens is 204 g/mol. The second-order valence-corrected chi connectivity index (χ2v) is 5.69. The molecule has 16 heavy (non-hydrogen) atoms. The molecule has 2 N–H and O–H groups in total. The van der Waals surface area contributed by atoms with Crippen molar-refractivity contribution in [2.75, 3.05) is 26.2 Å². The molecule has 2 saturated heterocycles. The Morgan fingerprint density at radius 1 is 1.44 bits per heavy atom. The van der Waals surface area contributed by atoms with Crippen molar-refractivity contribution in [2.45, 2.75) is 26.4 Å². The van der Waals surface area contributed by atoms with E-state index < -0.39 is 5.60 Å². The van der Waals surface area contributed by atoms with Gasteiger partial charge in [-0.15, -0.1) is 0 Å². The van der Waals surface area contributed by atoms with E-state index in [0.29, 0.717) is 19.0 Å². The number of hydrogen-bond acceptors (Lipinski definition) is 3. The first-order chi connectivity index (χ1) is 7.44. The number of aliphatic hydroxyl groups is 1. The molecule has 0 bridgehead atoms. The molecule has 4 nitrogen and oxygen atoms in total. The van der Waals surface area contributed by atoms with Crippen LogP contribution < -0.4 is 5.32 Å². The van der Waals surface area contributed by atoms with Gasteiger partial charge >= 0.3 is 0 Å². The highest BCUT2D eigenvalue weighted by Gasteiger charge is 2.48. The number of nitrogens with one attached hydrogen (secondary N) is 1. The van der Waals surface area contributed by atoms with Gasteiger partial charge in [0.15, 0.2) is 0 Å². The van der Waals surface area contributed by atoms with E-state index in [9.17, 15) is 9.90 Å². The molecule has 0 aromatic carbocycles. The van der Waals surface area contributed by atoms with Gasteiger partial charge in [0.1, 0.15) is 5.60 Å². The average Bonchev–Trinajstić information content (AvgIpc) is 2.58. The molecule has 2 heterocycles. The van der Waals surface area contributed by atoms with E-state index in [1.54, 1.807) is 4.90 Å². The summed E-state index contributed by atoms with van der Waals surface area (Å²) in [7, 11) is 0. The normalized spacial score (nSPS) is 32.9. The molecule has 0 spiro atoms. The predicted molar refractivity (Wildman–Crippen MR) is 61.9 cm³/mol. The SMILES string of the molecule is CC(C)C1(O)CN(C(=O)[C@@H]2CNC[C@H]2C)C1. The summed E-state index contributed by atoms with van der Waals surface area (Å²) in [6.45, 7) is 8.84. The number of rotatable bonds is 2. The van der Waals surface area contributed by atoms with Crippen molar-refractivity contribution in [2.24, 2.45) is 17.8 Å². The first kappa shape index (κ1) is 11.9. The smallest absolute Gasteiger partial charge is 0.227 e. The van der Waals surface area contributed by atoms with Gasteiger partial charge in [-0.2, -0.15) is 0 Å². The Labute approximate surface area is 97.0 Å². The fraction of sp³-hybridized carbons (Fsp3) is 0.917. The second kappa shape index (κ2) is 4.00. The number of carbonyl (C=O) groups is 1. The maximum absolute atomic E-state index is 12.1. The van der Waals surface area contributed by atoms with E-state index in [0.717, 1.165) is 13.1 Å². The average molecular weight is 226 g/mol. The van der Waals surface area contributed by atoms with E-state index >= 15 is 0 Å². The molecule has 0 radical (unpaired) electrons. The number of hydrogen-bond donors (Lipinski definition) is 2. The third kappa shape index (κ3) is 1.84. The van der Waals surface area contributed by atoms with Crippen LogP contribution in [-0.4, -0.2) is 47.7 Å². The number of nitrogens with zero attached hydrogens (tertiary/aromatic N) is 1. The Bertz CT molecular complexity index is 285. The monoisotopic (exact) mass is 226 g/mol. The quantitative estimate of drug-likeness (QED) is 0.700. The van der Waals surface area contributed by atoms with Crippen molar-refractivity contribution in [3.63, 3.8) is 0 Å². The van der Waals surface area contributed by atoms with E-state index in [4.69, 9.17) is 0 Å². The van der Waals surface area contributed by atoms with Gasteiger partial charge < -0.3 is 15.3 Å². The third-order valence-corrected chi connectivity index (χ3v) is 4.15. The molecule has 2 fully saturated rings. The van der Waals surface area contributed by atoms with Crippen molar-refractivity contribution in [1.29, 1.82) is 0 Å². The van der Waals surface area contributed by atoms with Gasteiger partial charge in [0, 0.05) is 6.54 Å².